The van der Waals surface area contributed by atoms with E-state index in [-0.39, 0.29) is 11.9 Å². The number of nitrogens with zero attached hydrogens (tertiary/aromatic N) is 1. The fourth-order valence-electron chi connectivity index (χ4n) is 4.41. The number of carbonyl (C=O) groups excluding carboxylic acids is 1. The molecular weight excluding hydrogens is 396 g/mol. The van der Waals surface area contributed by atoms with E-state index < -0.39 is 42.0 Å². The lowest BCUT2D eigenvalue weighted by Crippen LogP contribution is -2.65. The molecule has 1 amide bonds. The van der Waals surface area contributed by atoms with Gasteiger partial charge in [-0.25, -0.2) is 0 Å². The number of likely N-dealkylation sites (N-methyl/N-ethyl adjacent to an activating group) is 1. The van der Waals surface area contributed by atoms with Crippen LogP contribution in [0.5, 0.6) is 0 Å². The summed E-state index contributed by atoms with van der Waals surface area (Å²) in [5.41, 5.74) is -0.756. The topological polar surface area (TPSA) is 122 Å². The van der Waals surface area contributed by atoms with Crippen molar-refractivity contribution in [2.75, 3.05) is 19.8 Å². The number of carbonyl (C=O) groups is 1. The highest BCUT2D eigenvalue weighted by Crippen LogP contribution is 2.30. The molecule has 0 saturated carbocycles. The average Bonchev–Trinajstić information content (AvgIpc) is 3.05. The third kappa shape index (κ3) is 6.06. The summed E-state index contributed by atoms with van der Waals surface area (Å²) in [4.78, 5) is 15.0. The van der Waals surface area contributed by atoms with Crippen molar-refractivity contribution in [2.45, 2.75) is 94.0 Å². The summed E-state index contributed by atoms with van der Waals surface area (Å²) >= 11 is 1.20. The van der Waals surface area contributed by atoms with Gasteiger partial charge in [-0.15, -0.1) is 11.8 Å². The smallest absolute Gasteiger partial charge is 0.237 e. The molecule has 0 radical (unpaired) electrons. The van der Waals surface area contributed by atoms with E-state index in [1.54, 1.807) is 6.26 Å². The SMILES string of the molecule is CCCCC[C@@H]1C[C@@H](C(=O)N[C@@H]([C@H]2O[C@H](SC)[C@H](O)[C@@H](O)[C@H]2O)[C@@H](C)O)N(C)C1. The van der Waals surface area contributed by atoms with Crippen molar-refractivity contribution in [3.8, 4) is 0 Å². The fraction of sp³-hybridized carbons (Fsp3) is 0.950. The van der Waals surface area contributed by atoms with Crippen LogP contribution < -0.4 is 5.32 Å². The van der Waals surface area contributed by atoms with E-state index in [1.807, 2.05) is 11.9 Å². The molecule has 2 aliphatic rings. The number of unbranched alkanes of at least 4 members (excludes halogenated alkanes) is 2. The summed E-state index contributed by atoms with van der Waals surface area (Å²) in [5.74, 6) is 0.259. The minimum atomic E-state index is -1.42. The van der Waals surface area contributed by atoms with Gasteiger partial charge >= 0.3 is 0 Å². The lowest BCUT2D eigenvalue weighted by Gasteiger charge is -2.44. The molecule has 29 heavy (non-hydrogen) atoms. The molecule has 9 atom stereocenters. The number of ether oxygens (including phenoxy) is 1. The second-order valence-corrected chi connectivity index (χ2v) is 9.44. The minimum Gasteiger partial charge on any atom is -0.391 e. The van der Waals surface area contributed by atoms with Gasteiger partial charge < -0.3 is 30.5 Å². The Bertz CT molecular complexity index is 523. The van der Waals surface area contributed by atoms with Gasteiger partial charge in [0, 0.05) is 6.54 Å². The monoisotopic (exact) mass is 434 g/mol. The number of aliphatic hydroxyl groups excluding tert-OH is 4. The van der Waals surface area contributed by atoms with E-state index >= 15 is 0 Å². The van der Waals surface area contributed by atoms with E-state index in [0.717, 1.165) is 25.8 Å². The molecule has 0 unspecified atom stereocenters. The predicted molar refractivity (Wildman–Crippen MR) is 112 cm³/mol. The highest BCUT2D eigenvalue weighted by Gasteiger charge is 2.48. The van der Waals surface area contributed by atoms with E-state index in [0.29, 0.717) is 5.92 Å². The number of rotatable bonds is 9. The number of aliphatic hydroxyl groups is 4. The number of amides is 1. The molecule has 2 rings (SSSR count). The lowest BCUT2D eigenvalue weighted by molar-refractivity contribution is -0.211. The normalized spacial score (nSPS) is 38.0. The molecule has 5 N–H and O–H groups in total. The van der Waals surface area contributed by atoms with Crippen molar-refractivity contribution < 1.29 is 30.0 Å². The molecule has 8 nitrogen and oxygen atoms in total. The number of likely N-dealkylation sites (tertiary alicyclic amines) is 1. The molecule has 2 saturated heterocycles. The van der Waals surface area contributed by atoms with Gasteiger partial charge in [-0.05, 0) is 39.0 Å². The number of hydrogen-bond donors (Lipinski definition) is 5. The third-order valence-electron chi connectivity index (χ3n) is 6.17. The van der Waals surface area contributed by atoms with Crippen LogP contribution in [0.2, 0.25) is 0 Å². The molecule has 0 aromatic rings. The second kappa shape index (κ2) is 11.3. The third-order valence-corrected chi connectivity index (χ3v) is 7.03. The van der Waals surface area contributed by atoms with Gasteiger partial charge in [0.1, 0.15) is 29.9 Å². The van der Waals surface area contributed by atoms with E-state index in [9.17, 15) is 25.2 Å². The van der Waals surface area contributed by atoms with Crippen molar-refractivity contribution in [1.82, 2.24) is 10.2 Å². The molecule has 170 valence electrons. The predicted octanol–water partition coefficient (Wildman–Crippen LogP) is -0.0768. The van der Waals surface area contributed by atoms with E-state index in [4.69, 9.17) is 4.74 Å². The van der Waals surface area contributed by atoms with Gasteiger partial charge in [-0.1, -0.05) is 26.2 Å². The molecule has 9 heteroatoms. The molecule has 0 bridgehead atoms. The first-order valence-electron chi connectivity index (χ1n) is 10.6. The summed E-state index contributed by atoms with van der Waals surface area (Å²) < 4.78 is 5.75. The summed E-state index contributed by atoms with van der Waals surface area (Å²) in [6.07, 6.45) is 1.01. The van der Waals surface area contributed by atoms with Crippen LogP contribution in [0.4, 0.5) is 0 Å². The molecule has 0 aromatic carbocycles. The maximum Gasteiger partial charge on any atom is 0.237 e. The molecule has 2 aliphatic heterocycles. The van der Waals surface area contributed by atoms with Crippen molar-refractivity contribution in [3.63, 3.8) is 0 Å². The van der Waals surface area contributed by atoms with Crippen LogP contribution in [0.3, 0.4) is 0 Å². The average molecular weight is 435 g/mol. The van der Waals surface area contributed by atoms with Crippen LogP contribution in [-0.2, 0) is 9.53 Å². The fourth-order valence-corrected chi connectivity index (χ4v) is 5.09. The highest BCUT2D eigenvalue weighted by atomic mass is 32.2. The van der Waals surface area contributed by atoms with Gasteiger partial charge in [0.25, 0.3) is 0 Å². The molecule has 0 aromatic heterocycles. The Morgan fingerprint density at radius 3 is 2.52 bits per heavy atom. The van der Waals surface area contributed by atoms with Gasteiger partial charge in [-0.2, -0.15) is 0 Å². The Morgan fingerprint density at radius 1 is 1.24 bits per heavy atom. The van der Waals surface area contributed by atoms with Crippen LogP contribution in [0.15, 0.2) is 0 Å². The first-order valence-corrected chi connectivity index (χ1v) is 11.9. The van der Waals surface area contributed by atoms with Crippen LogP contribution in [0.1, 0.15) is 46.0 Å². The highest BCUT2D eigenvalue weighted by molar-refractivity contribution is 7.99. The zero-order chi connectivity index (χ0) is 21.7. The Hall–Kier alpha value is -0.420. The Kier molecular flexibility index (Phi) is 9.66. The maximum atomic E-state index is 13.0. The maximum absolute atomic E-state index is 13.0. The quantitative estimate of drug-likeness (QED) is 0.320. The molecular formula is C20H38N2O6S. The first kappa shape index (κ1) is 24.8. The Balaban J connectivity index is 2.03. The summed E-state index contributed by atoms with van der Waals surface area (Å²) in [7, 11) is 1.93. The van der Waals surface area contributed by atoms with Crippen molar-refractivity contribution in [3.05, 3.63) is 0 Å². The summed E-state index contributed by atoms with van der Waals surface area (Å²) in [5, 5.41) is 43.7. The van der Waals surface area contributed by atoms with Crippen LogP contribution in [0.25, 0.3) is 0 Å². The van der Waals surface area contributed by atoms with Crippen molar-refractivity contribution in [2.24, 2.45) is 5.92 Å². The summed E-state index contributed by atoms with van der Waals surface area (Å²) in [6, 6.07) is -1.20. The van der Waals surface area contributed by atoms with Gasteiger partial charge in [0.05, 0.1) is 18.2 Å². The lowest BCUT2D eigenvalue weighted by atomic mass is 9.91. The number of thioether (sulfide) groups is 1. The molecule has 0 aliphatic carbocycles. The van der Waals surface area contributed by atoms with Crippen LogP contribution in [-0.4, -0.2) is 99.1 Å². The largest absolute Gasteiger partial charge is 0.391 e. The van der Waals surface area contributed by atoms with E-state index in [2.05, 4.69) is 12.2 Å². The zero-order valence-corrected chi connectivity index (χ0v) is 18.7. The summed E-state index contributed by atoms with van der Waals surface area (Å²) in [6.45, 7) is 4.55. The Labute approximate surface area is 178 Å². The van der Waals surface area contributed by atoms with Crippen molar-refractivity contribution >= 4 is 17.7 Å². The van der Waals surface area contributed by atoms with Crippen LogP contribution in [0, 0.1) is 5.92 Å². The number of nitrogens with one attached hydrogen (secondary N) is 1. The first-order chi connectivity index (χ1) is 13.7. The van der Waals surface area contributed by atoms with E-state index in [1.165, 1.54) is 31.5 Å². The minimum absolute atomic E-state index is 0.214. The van der Waals surface area contributed by atoms with Crippen LogP contribution >= 0.6 is 11.8 Å². The molecule has 2 fully saturated rings. The standard InChI is InChI=1S/C20H38N2O6S/c1-5-6-7-8-12-9-13(22(3)10-12)19(27)21-14(11(2)23)18-16(25)15(24)17(26)20(28-18)29-4/h11-18,20,23-26H,5-10H2,1-4H3,(H,21,27)/t11-,12-,13+,14-,15+,16-,17-,18-,20-/m1/s1. The van der Waals surface area contributed by atoms with Crippen molar-refractivity contribution in [1.29, 1.82) is 0 Å². The Morgan fingerprint density at radius 2 is 1.93 bits per heavy atom. The second-order valence-electron chi connectivity index (χ2n) is 8.50. The number of hydrogen-bond acceptors (Lipinski definition) is 8. The van der Waals surface area contributed by atoms with Gasteiger partial charge in [-0.3, -0.25) is 9.69 Å². The van der Waals surface area contributed by atoms with Gasteiger partial charge in [0.2, 0.25) is 5.91 Å². The van der Waals surface area contributed by atoms with Gasteiger partial charge in [0.15, 0.2) is 0 Å². The molecule has 0 spiro atoms. The zero-order valence-electron chi connectivity index (χ0n) is 17.9. The molecule has 2 heterocycles.